The molecule has 6 nitrogen and oxygen atoms in total. The fraction of sp³-hybridized carbons (Fsp3) is 0.231. The second-order valence-corrected chi connectivity index (χ2v) is 5.90. The Bertz CT molecular complexity index is 628. The van der Waals surface area contributed by atoms with Gasteiger partial charge < -0.3 is 15.2 Å². The fourth-order valence-corrected chi connectivity index (χ4v) is 2.64. The van der Waals surface area contributed by atoms with E-state index in [-0.39, 0.29) is 11.6 Å². The normalized spacial score (nSPS) is 20.7. The first kappa shape index (κ1) is 15.5. The Kier molecular flexibility index (Phi) is 4.98. The van der Waals surface area contributed by atoms with Crippen LogP contribution in [0.15, 0.2) is 34.5 Å². The van der Waals surface area contributed by atoms with Crippen molar-refractivity contribution in [3.63, 3.8) is 0 Å². The summed E-state index contributed by atoms with van der Waals surface area (Å²) >= 11 is 6.83. The summed E-state index contributed by atoms with van der Waals surface area (Å²) in [6.45, 7) is 1.77. The lowest BCUT2D eigenvalue weighted by molar-refractivity contribution is -0.305. The summed E-state index contributed by atoms with van der Waals surface area (Å²) in [6.07, 6.45) is -0.352. The van der Waals surface area contributed by atoms with E-state index >= 15 is 0 Å². The van der Waals surface area contributed by atoms with Crippen LogP contribution in [0.4, 0.5) is 0 Å². The van der Waals surface area contributed by atoms with Crippen LogP contribution in [0.25, 0.3) is 0 Å². The fourth-order valence-electron chi connectivity index (χ4n) is 1.61. The predicted octanol–water partition coefficient (Wildman–Crippen LogP) is 0.792. The zero-order valence-corrected chi connectivity index (χ0v) is 12.6. The molecule has 0 spiro atoms. The van der Waals surface area contributed by atoms with Crippen LogP contribution < -0.4 is 10.4 Å². The summed E-state index contributed by atoms with van der Waals surface area (Å²) in [7, 11) is 0. The maximum atomic E-state index is 11.5. The number of carboxylic acids is 1. The molecule has 1 aromatic carbocycles. The minimum atomic E-state index is -1.27. The van der Waals surface area contributed by atoms with Gasteiger partial charge in [-0.15, -0.1) is 5.10 Å². The van der Waals surface area contributed by atoms with Crippen molar-refractivity contribution >= 4 is 46.1 Å². The Morgan fingerprint density at radius 1 is 1.43 bits per heavy atom. The highest BCUT2D eigenvalue weighted by molar-refractivity contribution is 8.15. The molecule has 1 saturated heterocycles. The van der Waals surface area contributed by atoms with Gasteiger partial charge in [0.05, 0.1) is 11.0 Å². The number of rotatable bonds is 4. The number of carboxylic acid groups (broad SMARTS) is 1. The average Bonchev–Trinajstić information content (AvgIpc) is 2.77. The molecule has 1 heterocycles. The van der Waals surface area contributed by atoms with E-state index in [1.54, 1.807) is 31.2 Å². The van der Waals surface area contributed by atoms with Gasteiger partial charge in [0.15, 0.2) is 5.17 Å². The van der Waals surface area contributed by atoms with Crippen LogP contribution in [-0.2, 0) is 9.59 Å². The molecule has 1 fully saturated rings. The van der Waals surface area contributed by atoms with Crippen molar-refractivity contribution in [1.29, 1.82) is 0 Å². The van der Waals surface area contributed by atoms with Crippen LogP contribution in [0.1, 0.15) is 18.9 Å². The largest absolute Gasteiger partial charge is 0.550 e. The molecule has 8 heteroatoms. The molecule has 1 N–H and O–H groups in total. The van der Waals surface area contributed by atoms with Crippen LogP contribution in [0.5, 0.6) is 0 Å². The Balaban J connectivity index is 2.07. The molecule has 1 aliphatic rings. The summed E-state index contributed by atoms with van der Waals surface area (Å²) in [4.78, 5) is 22.0. The van der Waals surface area contributed by atoms with Gasteiger partial charge in [-0.05, 0) is 24.6 Å². The topological polar surface area (TPSA) is 94.0 Å². The smallest absolute Gasteiger partial charge is 0.239 e. The highest BCUT2D eigenvalue weighted by atomic mass is 35.5. The Hall–Kier alpha value is -1.86. The van der Waals surface area contributed by atoms with Crippen molar-refractivity contribution in [3.05, 3.63) is 34.9 Å². The van der Waals surface area contributed by atoms with Crippen molar-refractivity contribution in [1.82, 2.24) is 5.32 Å². The number of amides is 1. The van der Waals surface area contributed by atoms with Crippen LogP contribution >= 0.6 is 23.4 Å². The van der Waals surface area contributed by atoms with Crippen molar-refractivity contribution in [2.45, 2.75) is 18.6 Å². The van der Waals surface area contributed by atoms with E-state index in [1.165, 1.54) is 0 Å². The van der Waals surface area contributed by atoms with Crippen LogP contribution in [0, 0.1) is 0 Å². The summed E-state index contributed by atoms with van der Waals surface area (Å²) in [6, 6.07) is 7.09. The van der Waals surface area contributed by atoms with Crippen molar-refractivity contribution in [3.8, 4) is 0 Å². The number of benzene rings is 1. The molecule has 21 heavy (non-hydrogen) atoms. The second-order valence-electron chi connectivity index (χ2n) is 4.27. The minimum absolute atomic E-state index is 0.277. The molecule has 0 saturated carbocycles. The number of nitrogens with zero attached hydrogens (tertiary/aromatic N) is 2. The zero-order valence-electron chi connectivity index (χ0n) is 11.0. The zero-order chi connectivity index (χ0) is 15.4. The van der Waals surface area contributed by atoms with E-state index in [0.29, 0.717) is 10.7 Å². The van der Waals surface area contributed by atoms with E-state index in [9.17, 15) is 14.7 Å². The lowest BCUT2D eigenvalue weighted by atomic mass is 10.1. The third-order valence-corrected chi connectivity index (χ3v) is 4.01. The highest BCUT2D eigenvalue weighted by Crippen LogP contribution is 2.22. The van der Waals surface area contributed by atoms with Gasteiger partial charge in [0.1, 0.15) is 0 Å². The van der Waals surface area contributed by atoms with Gasteiger partial charge in [-0.3, -0.25) is 4.79 Å². The monoisotopic (exact) mass is 324 g/mol. The van der Waals surface area contributed by atoms with Gasteiger partial charge in [0.25, 0.3) is 0 Å². The number of carbonyl (C=O) groups excluding carboxylic acids is 2. The molecule has 110 valence electrons. The number of hydrogen-bond acceptors (Lipinski definition) is 6. The molecule has 1 amide bonds. The number of carbonyl (C=O) groups is 2. The number of halogens is 1. The number of thioether (sulfide) groups is 1. The molecule has 1 aromatic rings. The average molecular weight is 325 g/mol. The quantitative estimate of drug-likeness (QED) is 0.654. The van der Waals surface area contributed by atoms with Gasteiger partial charge >= 0.3 is 0 Å². The summed E-state index contributed by atoms with van der Waals surface area (Å²) in [5.74, 6) is -1.67. The lowest BCUT2D eigenvalue weighted by Gasteiger charge is -2.04. The van der Waals surface area contributed by atoms with Crippen molar-refractivity contribution in [2.24, 2.45) is 10.2 Å². The van der Waals surface area contributed by atoms with E-state index in [4.69, 9.17) is 11.6 Å². The predicted molar refractivity (Wildman–Crippen MR) is 80.2 cm³/mol. The lowest BCUT2D eigenvalue weighted by Crippen LogP contribution is -2.31. The first-order chi connectivity index (χ1) is 9.95. The van der Waals surface area contributed by atoms with Crippen molar-refractivity contribution < 1.29 is 14.7 Å². The Morgan fingerprint density at radius 2 is 2.10 bits per heavy atom. The van der Waals surface area contributed by atoms with E-state index in [1.807, 2.05) is 0 Å². The van der Waals surface area contributed by atoms with Gasteiger partial charge in [-0.2, -0.15) is 5.10 Å². The van der Waals surface area contributed by atoms with Crippen LogP contribution in [0.3, 0.4) is 0 Å². The maximum absolute atomic E-state index is 11.5. The van der Waals surface area contributed by atoms with E-state index in [0.717, 1.165) is 17.3 Å². The van der Waals surface area contributed by atoms with Crippen LogP contribution in [-0.4, -0.2) is 28.0 Å². The van der Waals surface area contributed by atoms with Gasteiger partial charge in [-0.1, -0.05) is 35.5 Å². The molecular formula is C13H11ClN3O3S-. The first-order valence-corrected chi connectivity index (χ1v) is 7.27. The molecule has 1 aliphatic heterocycles. The molecule has 1 atom stereocenters. The third-order valence-electron chi connectivity index (χ3n) is 2.68. The highest BCUT2D eigenvalue weighted by Gasteiger charge is 2.30. The standard InChI is InChI=1S/C13H12ClN3O3S/c1-7(8-2-4-9(14)5-3-8)16-17-13-15-12(20)10(21-13)6-11(18)19/h2-5,10H,6H2,1H3,(H,18,19)(H,15,17,20)/p-1/b16-7-/t10-/m0/s1. The maximum Gasteiger partial charge on any atom is 0.239 e. The number of amidine groups is 1. The molecule has 0 aromatic heterocycles. The van der Waals surface area contributed by atoms with Gasteiger partial charge in [-0.25, -0.2) is 0 Å². The molecule has 0 aliphatic carbocycles. The summed E-state index contributed by atoms with van der Waals surface area (Å²) in [5, 5.41) is 21.1. The van der Waals surface area contributed by atoms with Crippen LogP contribution in [0.2, 0.25) is 5.02 Å². The molecular weight excluding hydrogens is 314 g/mol. The molecule has 2 rings (SSSR count). The Labute approximate surface area is 130 Å². The minimum Gasteiger partial charge on any atom is -0.550 e. The van der Waals surface area contributed by atoms with Gasteiger partial charge in [0.2, 0.25) is 5.91 Å². The molecule has 0 radical (unpaired) electrons. The Morgan fingerprint density at radius 3 is 2.71 bits per heavy atom. The SMILES string of the molecule is C/C(=N/N=C1\NC(=O)[C@H](CC(=O)[O-])S1)c1ccc(Cl)cc1. The summed E-state index contributed by atoms with van der Waals surface area (Å²) < 4.78 is 0. The van der Waals surface area contributed by atoms with E-state index < -0.39 is 17.1 Å². The van der Waals surface area contributed by atoms with Crippen molar-refractivity contribution in [2.75, 3.05) is 0 Å². The number of hydrogen-bond donors (Lipinski definition) is 1. The first-order valence-electron chi connectivity index (χ1n) is 6.01. The second kappa shape index (κ2) is 6.73. The summed E-state index contributed by atoms with van der Waals surface area (Å²) in [5.41, 5.74) is 1.50. The van der Waals surface area contributed by atoms with Gasteiger partial charge in [0, 0.05) is 17.4 Å². The number of aliphatic carboxylic acids is 1. The van der Waals surface area contributed by atoms with E-state index in [2.05, 4.69) is 15.5 Å². The molecule has 0 unspecified atom stereocenters. The number of nitrogens with one attached hydrogen (secondary N) is 1. The third kappa shape index (κ3) is 4.30. The molecule has 0 bridgehead atoms.